The summed E-state index contributed by atoms with van der Waals surface area (Å²) in [5.41, 5.74) is 14.5. The average molecular weight is 1300 g/mol. The molecule has 1 aliphatic carbocycles. The van der Waals surface area contributed by atoms with Gasteiger partial charge in [-0.15, -0.1) is 0 Å². The van der Waals surface area contributed by atoms with Gasteiger partial charge in [-0.3, -0.25) is 63.2 Å². The minimum Gasteiger partial charge on any atom is -0.480 e. The molecule has 492 valence electrons. The third-order valence-electron chi connectivity index (χ3n) is 15.7. The molecule has 4 amide bonds. The Kier molecular flexibility index (Phi) is 22.6. The zero-order valence-electron chi connectivity index (χ0n) is 51.4. The number of hydrogen-bond donors (Lipinski definition) is 14. The Hall–Kier alpha value is -8.73. The first-order valence-corrected chi connectivity index (χ1v) is 31.5. The van der Waals surface area contributed by atoms with E-state index in [9.17, 15) is 57.8 Å². The minimum atomic E-state index is -1.54. The Balaban J connectivity index is 0.973. The minimum absolute atomic E-state index is 0.000779. The number of ether oxygens (including phenoxy) is 2. The van der Waals surface area contributed by atoms with Gasteiger partial charge in [-0.05, 0) is 91.5 Å². The van der Waals surface area contributed by atoms with Crippen molar-refractivity contribution in [2.75, 3.05) is 55.9 Å². The number of aromatic amines is 1. The highest BCUT2D eigenvalue weighted by Crippen LogP contribution is 2.56. The molecule has 32 nitrogen and oxygen atoms in total. The molecular formula is C57H77N17O15S2. The molecular weight excluding hydrogens is 1230 g/mol. The lowest BCUT2D eigenvalue weighted by Gasteiger charge is -2.39. The van der Waals surface area contributed by atoms with E-state index in [-0.39, 0.29) is 114 Å². The van der Waals surface area contributed by atoms with E-state index in [1.54, 1.807) is 19.1 Å². The van der Waals surface area contributed by atoms with E-state index in [1.807, 2.05) is 18.7 Å². The van der Waals surface area contributed by atoms with Gasteiger partial charge in [0.2, 0.25) is 35.2 Å². The number of nitrogen functional groups attached to an aromatic ring is 1. The van der Waals surface area contributed by atoms with Crippen molar-refractivity contribution >= 4 is 109 Å². The number of rotatable bonds is 34. The Morgan fingerprint density at radius 1 is 0.923 bits per heavy atom. The lowest BCUT2D eigenvalue weighted by Crippen LogP contribution is -2.60. The molecule has 1 aromatic carbocycles. The van der Waals surface area contributed by atoms with Crippen molar-refractivity contribution < 1.29 is 67.6 Å². The van der Waals surface area contributed by atoms with Gasteiger partial charge in [0.15, 0.2) is 28.6 Å². The first-order chi connectivity index (χ1) is 42.9. The third kappa shape index (κ3) is 17.0. The molecule has 7 rings (SSSR count). The highest BCUT2D eigenvalue weighted by molar-refractivity contribution is 8.76. The maximum atomic E-state index is 14.6. The maximum Gasteiger partial charge on any atom is 0.326 e. The van der Waals surface area contributed by atoms with Crippen LogP contribution in [0.2, 0.25) is 0 Å². The lowest BCUT2D eigenvalue weighted by atomic mass is 9.82. The van der Waals surface area contributed by atoms with E-state index in [0.717, 1.165) is 0 Å². The largest absolute Gasteiger partial charge is 0.480 e. The summed E-state index contributed by atoms with van der Waals surface area (Å²) >= 11 is 0. The van der Waals surface area contributed by atoms with Crippen LogP contribution in [0.5, 0.6) is 0 Å². The summed E-state index contributed by atoms with van der Waals surface area (Å²) in [6.07, 6.45) is 1.25. The number of nitrogens with one attached hydrogen (secondary N) is 9. The fourth-order valence-corrected chi connectivity index (χ4v) is 13.3. The van der Waals surface area contributed by atoms with E-state index in [1.165, 1.54) is 74.7 Å². The number of aliphatic imine (C=N–C) groups is 1. The molecule has 91 heavy (non-hydrogen) atoms. The SMILES string of the molecule is CO[C@]12C3NC3CN1C1=C(C(=O)C(NC(C)(C)CCSSC[C@H](NC(=O)C(CCCN=C(N)N)NC(C)(C)C(=O)CC[C@H](NC(=O)c3ccc(NCc4cnc5nc(N)[nH]c(=O)c5n4)cc3)C(=O)O)C(=O)N[C@@H](C)C(=O)NCC(=O)O)=C(C)C1=O)[C@H]2COC(C)=O. The highest BCUT2D eigenvalue weighted by atomic mass is 33.1. The molecule has 0 bridgehead atoms. The number of methoxy groups -OCH3 is 1. The Morgan fingerprint density at radius 3 is 2.29 bits per heavy atom. The number of piperazine rings is 1. The predicted octanol–water partition coefficient (Wildman–Crippen LogP) is -1.57. The molecule has 3 unspecified atom stereocenters. The summed E-state index contributed by atoms with van der Waals surface area (Å²) in [6.45, 7) is 10.5. The average Bonchev–Trinajstić information content (AvgIpc) is 1.50. The summed E-state index contributed by atoms with van der Waals surface area (Å²) in [5.74, 6) is -8.57. The van der Waals surface area contributed by atoms with E-state index < -0.39 is 119 Å². The van der Waals surface area contributed by atoms with Crippen LogP contribution in [-0.4, -0.2) is 198 Å². The van der Waals surface area contributed by atoms with E-state index in [2.05, 4.69) is 67.5 Å². The topological polar surface area (TPSA) is 501 Å². The maximum absolute atomic E-state index is 14.6. The Labute approximate surface area is 529 Å². The number of esters is 1. The summed E-state index contributed by atoms with van der Waals surface area (Å²) in [6, 6.07) is 0.500. The summed E-state index contributed by atoms with van der Waals surface area (Å²) in [7, 11) is 4.00. The Morgan fingerprint density at radius 2 is 1.63 bits per heavy atom. The second-order valence-electron chi connectivity index (χ2n) is 23.4. The number of aliphatic carboxylic acids is 2. The van der Waals surface area contributed by atoms with Crippen molar-refractivity contribution in [1.29, 1.82) is 0 Å². The number of fused-ring (bicyclic) bond motifs is 5. The number of carboxylic acids is 2. The molecule has 5 heterocycles. The van der Waals surface area contributed by atoms with Gasteiger partial charge < -0.3 is 79.0 Å². The Bertz CT molecular complexity index is 3520. The van der Waals surface area contributed by atoms with Gasteiger partial charge in [0.05, 0.1) is 53.4 Å². The number of H-pyrrole nitrogens is 1. The molecule has 34 heteroatoms. The lowest BCUT2D eigenvalue weighted by molar-refractivity contribution is -0.156. The molecule has 3 aromatic rings. The zero-order chi connectivity index (χ0) is 66.9. The van der Waals surface area contributed by atoms with Crippen LogP contribution in [0.3, 0.4) is 0 Å². The molecule has 8 atom stereocenters. The van der Waals surface area contributed by atoms with Crippen molar-refractivity contribution in [3.8, 4) is 0 Å². The van der Waals surface area contributed by atoms with Gasteiger partial charge in [0.25, 0.3) is 11.5 Å². The van der Waals surface area contributed by atoms with Crippen LogP contribution in [0, 0.1) is 5.92 Å². The summed E-state index contributed by atoms with van der Waals surface area (Å²) in [5, 5.41) is 42.0. The number of hydrogen-bond acceptors (Lipinski definition) is 25. The molecule has 0 spiro atoms. The van der Waals surface area contributed by atoms with Gasteiger partial charge in [0.1, 0.15) is 31.3 Å². The van der Waals surface area contributed by atoms with Crippen LogP contribution in [0.15, 0.2) is 62.8 Å². The number of ketones is 3. The fraction of sp³-hybridized carbons (Fsp3) is 0.526. The number of carbonyl (C=O) groups excluding carboxylic acids is 8. The molecule has 4 aliphatic rings. The first kappa shape index (κ1) is 69.7. The molecule has 2 saturated heterocycles. The van der Waals surface area contributed by atoms with Crippen LogP contribution < -0.4 is 65.3 Å². The van der Waals surface area contributed by atoms with Gasteiger partial charge in [-0.25, -0.2) is 14.8 Å². The number of nitrogens with zero attached hydrogens (tertiary/aromatic N) is 5. The van der Waals surface area contributed by atoms with E-state index in [0.29, 0.717) is 30.1 Å². The quantitative estimate of drug-likeness (QED) is 0.00611. The number of anilines is 2. The predicted molar refractivity (Wildman–Crippen MR) is 334 cm³/mol. The highest BCUT2D eigenvalue weighted by Gasteiger charge is 2.73. The fourth-order valence-electron chi connectivity index (χ4n) is 10.9. The van der Waals surface area contributed by atoms with Crippen LogP contribution in [0.1, 0.15) is 96.6 Å². The molecule has 2 aromatic heterocycles. The first-order valence-electron chi connectivity index (χ1n) is 29.0. The number of amides is 4. The summed E-state index contributed by atoms with van der Waals surface area (Å²) in [4.78, 5) is 166. The number of guanidine groups is 1. The van der Waals surface area contributed by atoms with Crippen molar-refractivity contribution in [3.05, 3.63) is 74.6 Å². The summed E-state index contributed by atoms with van der Waals surface area (Å²) < 4.78 is 11.6. The van der Waals surface area contributed by atoms with Gasteiger partial charge in [-0.2, -0.15) is 4.98 Å². The molecule has 2 fully saturated rings. The van der Waals surface area contributed by atoms with E-state index >= 15 is 0 Å². The second-order valence-corrected chi connectivity index (χ2v) is 26.0. The van der Waals surface area contributed by atoms with Crippen LogP contribution in [-0.2, 0) is 59.2 Å². The number of Topliss-reactive ketones (excluding diaryl/α,β-unsaturated/α-hetero) is 3. The molecule has 17 N–H and O–H groups in total. The number of allylic oxidation sites excluding steroid dienone is 2. The smallest absolute Gasteiger partial charge is 0.326 e. The number of carbonyl (C=O) groups is 10. The number of carboxylic acid groups (broad SMARTS) is 2. The normalized spacial score (nSPS) is 19.6. The molecule has 0 saturated carbocycles. The number of nitrogens with two attached hydrogens (primary N) is 3. The standard InChI is InChI=1S/C57H77N17O15S2/c1-26-40(44(80)39-32(24-89-28(3)75)57(88-8)45-35(67-45)23-74(57)42(39)43(26)79)73-55(4,5)17-19-90-91-25-36(50(84)65-27(2)47(81)64-22-38(77)78)69-49(83)33(10-9-18-61-53(58)59)72-56(6,7)37(76)16-15-34(52(86)87)68-48(82)29-11-13-30(14-12-29)62-20-31-21-63-46-41(66-31)51(85)71-54(60)70-46/h11-14,21,27,32-36,45,62,67,72-73H,9-10,15-20,22-25H2,1-8H3,(H,64,81)(H,65,84)(H,68,82)(H,69,83)(H,77,78)(H,86,87)(H4,58,59,61)(H3,60,63,70,71,85)/t27-,32+,33?,34-,35?,36-,45?,57+/m0/s1. The molecule has 0 radical (unpaired) electrons. The number of benzene rings is 1. The van der Waals surface area contributed by atoms with Crippen molar-refractivity contribution in [2.24, 2.45) is 22.4 Å². The van der Waals surface area contributed by atoms with Crippen molar-refractivity contribution in [1.82, 2.24) is 62.1 Å². The number of aromatic nitrogens is 4. The van der Waals surface area contributed by atoms with Crippen molar-refractivity contribution in [3.63, 3.8) is 0 Å². The third-order valence-corrected chi connectivity index (χ3v) is 18.2. The van der Waals surface area contributed by atoms with E-state index in [4.69, 9.17) is 31.8 Å². The zero-order valence-corrected chi connectivity index (χ0v) is 53.0. The monoisotopic (exact) mass is 1300 g/mol. The van der Waals surface area contributed by atoms with Gasteiger partial charge in [-0.1, -0.05) is 21.6 Å². The van der Waals surface area contributed by atoms with Gasteiger partial charge in [0, 0.05) is 79.0 Å². The van der Waals surface area contributed by atoms with Gasteiger partial charge >= 0.3 is 17.9 Å². The van der Waals surface area contributed by atoms with Crippen LogP contribution in [0.25, 0.3) is 11.2 Å². The van der Waals surface area contributed by atoms with Crippen LogP contribution in [0.4, 0.5) is 11.6 Å². The van der Waals surface area contributed by atoms with Crippen molar-refractivity contribution in [2.45, 2.75) is 140 Å². The molecule has 3 aliphatic heterocycles. The second kappa shape index (κ2) is 29.5. The van der Waals surface area contributed by atoms with Crippen LogP contribution >= 0.6 is 21.6 Å².